The molecule has 1 saturated heterocycles. The van der Waals surface area contributed by atoms with Gasteiger partial charge in [-0.1, -0.05) is 0 Å². The Bertz CT molecular complexity index is 561. The van der Waals surface area contributed by atoms with Crippen LogP contribution in [0, 0.1) is 22.5 Å². The van der Waals surface area contributed by atoms with Crippen molar-refractivity contribution >= 4 is 17.5 Å². The molecule has 0 bridgehead atoms. The van der Waals surface area contributed by atoms with Crippen molar-refractivity contribution in [3.8, 4) is 0 Å². The summed E-state index contributed by atoms with van der Waals surface area (Å²) in [6.45, 7) is 4.31. The number of piperidine rings is 1. The molecule has 0 spiro atoms. The first-order valence-electron chi connectivity index (χ1n) is 6.43. The summed E-state index contributed by atoms with van der Waals surface area (Å²) in [6.07, 6.45) is 2.79. The van der Waals surface area contributed by atoms with E-state index in [1.54, 1.807) is 13.8 Å². The zero-order chi connectivity index (χ0) is 14.9. The van der Waals surface area contributed by atoms with Gasteiger partial charge in [0.2, 0.25) is 0 Å². The van der Waals surface area contributed by atoms with Crippen LogP contribution in [0.3, 0.4) is 0 Å². The number of aryl methyl sites for hydroxylation is 1. The first-order valence-corrected chi connectivity index (χ1v) is 6.43. The molecule has 1 aromatic rings. The third-order valence-electron chi connectivity index (χ3n) is 3.79. The van der Waals surface area contributed by atoms with Crippen molar-refractivity contribution in [2.24, 2.45) is 5.41 Å². The van der Waals surface area contributed by atoms with Gasteiger partial charge in [-0.05, 0) is 26.7 Å². The molecule has 108 valence electrons. The quantitative estimate of drug-likeness (QED) is 0.671. The Morgan fingerprint density at radius 2 is 2.30 bits per heavy atom. The van der Waals surface area contributed by atoms with Gasteiger partial charge in [0.05, 0.1) is 16.4 Å². The van der Waals surface area contributed by atoms with Gasteiger partial charge in [-0.15, -0.1) is 0 Å². The van der Waals surface area contributed by atoms with Crippen molar-refractivity contribution in [1.82, 2.24) is 4.98 Å². The molecule has 0 radical (unpaired) electrons. The van der Waals surface area contributed by atoms with E-state index in [1.165, 1.54) is 12.3 Å². The summed E-state index contributed by atoms with van der Waals surface area (Å²) in [7, 11) is 0. The van der Waals surface area contributed by atoms with Gasteiger partial charge in [0, 0.05) is 24.8 Å². The summed E-state index contributed by atoms with van der Waals surface area (Å²) in [6, 6.07) is 1.42. The molecular formula is C13H17N3O4. The van der Waals surface area contributed by atoms with Gasteiger partial charge >= 0.3 is 5.97 Å². The van der Waals surface area contributed by atoms with E-state index in [9.17, 15) is 20.0 Å². The van der Waals surface area contributed by atoms with Crippen molar-refractivity contribution in [2.75, 3.05) is 18.0 Å². The van der Waals surface area contributed by atoms with Crippen molar-refractivity contribution in [3.63, 3.8) is 0 Å². The lowest BCUT2D eigenvalue weighted by Gasteiger charge is -2.38. The van der Waals surface area contributed by atoms with Gasteiger partial charge in [-0.2, -0.15) is 0 Å². The molecule has 7 nitrogen and oxygen atoms in total. The van der Waals surface area contributed by atoms with Gasteiger partial charge in [-0.3, -0.25) is 14.9 Å². The van der Waals surface area contributed by atoms with E-state index in [2.05, 4.69) is 4.98 Å². The number of hydrogen-bond acceptors (Lipinski definition) is 5. The second kappa shape index (κ2) is 5.07. The van der Waals surface area contributed by atoms with Gasteiger partial charge in [0.15, 0.2) is 0 Å². The molecule has 0 amide bonds. The number of anilines is 1. The maximum atomic E-state index is 11.3. The van der Waals surface area contributed by atoms with Crippen LogP contribution in [0.15, 0.2) is 12.3 Å². The highest BCUT2D eigenvalue weighted by atomic mass is 16.6. The van der Waals surface area contributed by atoms with E-state index in [1.807, 2.05) is 4.90 Å². The largest absolute Gasteiger partial charge is 0.481 e. The average molecular weight is 279 g/mol. The number of aliphatic carboxylic acids is 1. The van der Waals surface area contributed by atoms with Crippen LogP contribution in [0.4, 0.5) is 11.5 Å². The third kappa shape index (κ3) is 2.56. The first-order chi connectivity index (χ1) is 9.33. The highest BCUT2D eigenvalue weighted by Gasteiger charge is 2.38. The molecule has 20 heavy (non-hydrogen) atoms. The third-order valence-corrected chi connectivity index (χ3v) is 3.79. The summed E-state index contributed by atoms with van der Waals surface area (Å²) < 4.78 is 0. The van der Waals surface area contributed by atoms with Crippen LogP contribution >= 0.6 is 0 Å². The number of carboxylic acids is 1. The van der Waals surface area contributed by atoms with Crippen LogP contribution in [0.5, 0.6) is 0 Å². The summed E-state index contributed by atoms with van der Waals surface area (Å²) in [5.41, 5.74) is -0.325. The molecule has 0 saturated carbocycles. The van der Waals surface area contributed by atoms with Crippen molar-refractivity contribution < 1.29 is 14.8 Å². The molecule has 0 aliphatic carbocycles. The number of carbonyl (C=O) groups is 1. The Morgan fingerprint density at radius 3 is 2.90 bits per heavy atom. The van der Waals surface area contributed by atoms with Crippen molar-refractivity contribution in [2.45, 2.75) is 26.7 Å². The van der Waals surface area contributed by atoms with Gasteiger partial charge in [0.1, 0.15) is 5.82 Å². The van der Waals surface area contributed by atoms with Crippen LogP contribution in [0.25, 0.3) is 0 Å². The van der Waals surface area contributed by atoms with Crippen LogP contribution in [-0.2, 0) is 4.79 Å². The molecular weight excluding hydrogens is 262 g/mol. The topological polar surface area (TPSA) is 96.6 Å². The Balaban J connectivity index is 2.30. The SMILES string of the molecule is Cc1cnc(N2CCCC(C)(C(=O)O)C2)cc1[N+](=O)[O-]. The Morgan fingerprint density at radius 1 is 1.60 bits per heavy atom. The highest BCUT2D eigenvalue weighted by molar-refractivity contribution is 5.75. The fourth-order valence-corrected chi connectivity index (χ4v) is 2.48. The molecule has 1 aliphatic rings. The Hall–Kier alpha value is -2.18. The van der Waals surface area contributed by atoms with Crippen molar-refractivity contribution in [3.05, 3.63) is 27.9 Å². The van der Waals surface area contributed by atoms with Gasteiger partial charge in [-0.25, -0.2) is 4.98 Å². The Labute approximate surface area is 116 Å². The fourth-order valence-electron chi connectivity index (χ4n) is 2.48. The van der Waals surface area contributed by atoms with E-state index >= 15 is 0 Å². The molecule has 1 unspecified atom stereocenters. The maximum absolute atomic E-state index is 11.3. The van der Waals surface area contributed by atoms with E-state index in [4.69, 9.17) is 0 Å². The molecule has 2 rings (SSSR count). The highest BCUT2D eigenvalue weighted by Crippen LogP contribution is 2.33. The van der Waals surface area contributed by atoms with E-state index in [-0.39, 0.29) is 5.69 Å². The normalized spacial score (nSPS) is 22.6. The first kappa shape index (κ1) is 14.2. The number of pyridine rings is 1. The van der Waals surface area contributed by atoms with Gasteiger partial charge < -0.3 is 10.0 Å². The summed E-state index contributed by atoms with van der Waals surface area (Å²) in [5.74, 6) is -0.377. The maximum Gasteiger partial charge on any atom is 0.311 e. The number of nitro groups is 1. The van der Waals surface area contributed by atoms with Crippen LogP contribution in [0.1, 0.15) is 25.3 Å². The predicted molar refractivity (Wildman–Crippen MR) is 72.8 cm³/mol. The average Bonchev–Trinajstić information content (AvgIpc) is 2.38. The molecule has 1 fully saturated rings. The smallest absolute Gasteiger partial charge is 0.311 e. The minimum absolute atomic E-state index is 0.0117. The number of rotatable bonds is 3. The lowest BCUT2D eigenvalue weighted by molar-refractivity contribution is -0.385. The fraction of sp³-hybridized carbons (Fsp3) is 0.538. The molecule has 1 aromatic heterocycles. The molecule has 1 atom stereocenters. The zero-order valence-electron chi connectivity index (χ0n) is 11.5. The number of hydrogen-bond donors (Lipinski definition) is 1. The summed E-state index contributed by atoms with van der Waals surface area (Å²) in [5, 5.41) is 20.3. The molecule has 0 aromatic carbocycles. The minimum Gasteiger partial charge on any atom is -0.481 e. The second-order valence-electron chi connectivity index (χ2n) is 5.48. The molecule has 1 N–H and O–H groups in total. The van der Waals surface area contributed by atoms with Crippen LogP contribution in [-0.4, -0.2) is 34.1 Å². The predicted octanol–water partition coefficient (Wildman–Crippen LogP) is 1.99. The number of carboxylic acid groups (broad SMARTS) is 1. The van der Waals surface area contributed by atoms with Crippen molar-refractivity contribution in [1.29, 1.82) is 0 Å². The lowest BCUT2D eigenvalue weighted by Crippen LogP contribution is -2.46. The van der Waals surface area contributed by atoms with E-state index in [0.717, 1.165) is 6.42 Å². The monoisotopic (exact) mass is 279 g/mol. The standard InChI is InChI=1S/C13H17N3O4/c1-9-7-14-11(6-10(9)16(19)20)15-5-3-4-13(2,8-15)12(17)18/h6-7H,3-5,8H2,1-2H3,(H,17,18). The van der Waals surface area contributed by atoms with E-state index < -0.39 is 16.3 Å². The Kier molecular flexibility index (Phi) is 3.61. The lowest BCUT2D eigenvalue weighted by atomic mass is 9.82. The minimum atomic E-state index is -0.844. The number of aromatic nitrogens is 1. The van der Waals surface area contributed by atoms with Crippen LogP contribution < -0.4 is 4.90 Å². The molecule has 2 heterocycles. The van der Waals surface area contributed by atoms with Gasteiger partial charge in [0.25, 0.3) is 5.69 Å². The van der Waals surface area contributed by atoms with E-state index in [0.29, 0.717) is 30.9 Å². The number of nitrogens with zero attached hydrogens (tertiary/aromatic N) is 3. The second-order valence-corrected chi connectivity index (χ2v) is 5.48. The van der Waals surface area contributed by atoms with Crippen LogP contribution in [0.2, 0.25) is 0 Å². The summed E-state index contributed by atoms with van der Waals surface area (Å²) >= 11 is 0. The molecule has 1 aliphatic heterocycles. The zero-order valence-corrected chi connectivity index (χ0v) is 11.5. The molecule has 7 heteroatoms. The summed E-state index contributed by atoms with van der Waals surface area (Å²) in [4.78, 5) is 27.8.